The third kappa shape index (κ3) is 4.89. The van der Waals surface area contributed by atoms with Crippen molar-refractivity contribution in [1.82, 2.24) is 14.5 Å². The number of hydrogen-bond acceptors (Lipinski definition) is 5. The summed E-state index contributed by atoms with van der Waals surface area (Å²) in [6, 6.07) is 14.3. The topological polar surface area (TPSA) is 58.4 Å². The highest BCUT2D eigenvalue weighted by atomic mass is 79.9. The second-order valence-electron chi connectivity index (χ2n) is 8.08. The smallest absolute Gasteiger partial charge is 0.145 e. The zero-order chi connectivity index (χ0) is 23.4. The van der Waals surface area contributed by atoms with Gasteiger partial charge in [0.1, 0.15) is 35.0 Å². The van der Waals surface area contributed by atoms with Gasteiger partial charge >= 0.3 is 0 Å². The molecular weight excluding hydrogens is 482 g/mol. The molecule has 2 aromatic heterocycles. The lowest BCUT2D eigenvalue weighted by Gasteiger charge is -2.14. The van der Waals surface area contributed by atoms with E-state index in [4.69, 9.17) is 19.2 Å². The van der Waals surface area contributed by atoms with Gasteiger partial charge in [-0.15, -0.1) is 0 Å². The largest absolute Gasteiger partial charge is 0.494 e. The third-order valence-corrected chi connectivity index (χ3v) is 6.48. The molecule has 2 aromatic carbocycles. The molecule has 0 aliphatic carbocycles. The van der Waals surface area contributed by atoms with Crippen LogP contribution >= 0.6 is 15.9 Å². The summed E-state index contributed by atoms with van der Waals surface area (Å²) >= 11 is 3.78. The van der Waals surface area contributed by atoms with Crippen LogP contribution < -0.4 is 9.47 Å². The molecule has 0 saturated heterocycles. The van der Waals surface area contributed by atoms with E-state index < -0.39 is 0 Å². The summed E-state index contributed by atoms with van der Waals surface area (Å²) in [5, 5.41) is 0. The van der Waals surface area contributed by atoms with Crippen LogP contribution in [0, 0.1) is 0 Å². The lowest BCUT2D eigenvalue weighted by Crippen LogP contribution is -2.07. The van der Waals surface area contributed by atoms with Crippen LogP contribution in [0.2, 0.25) is 0 Å². The zero-order valence-electron chi connectivity index (χ0n) is 19.3. The molecule has 0 radical (unpaired) electrons. The van der Waals surface area contributed by atoms with Crippen LogP contribution in [0.1, 0.15) is 30.9 Å². The first-order chi connectivity index (χ1) is 16.0. The van der Waals surface area contributed by atoms with Crippen molar-refractivity contribution < 1.29 is 14.2 Å². The van der Waals surface area contributed by atoms with Gasteiger partial charge in [-0.2, -0.15) is 0 Å². The van der Waals surface area contributed by atoms with Crippen molar-refractivity contribution in [3.8, 4) is 22.9 Å². The van der Waals surface area contributed by atoms with Crippen molar-refractivity contribution in [2.75, 3.05) is 20.8 Å². The fourth-order valence-corrected chi connectivity index (χ4v) is 4.30. The van der Waals surface area contributed by atoms with Crippen LogP contribution in [0.5, 0.6) is 11.5 Å². The molecule has 0 unspecified atom stereocenters. The van der Waals surface area contributed by atoms with Gasteiger partial charge in [0.15, 0.2) is 0 Å². The molecule has 172 valence electrons. The molecule has 4 aromatic rings. The van der Waals surface area contributed by atoms with Crippen LogP contribution in [-0.2, 0) is 17.9 Å². The van der Waals surface area contributed by atoms with Gasteiger partial charge in [0.25, 0.3) is 0 Å². The lowest BCUT2D eigenvalue weighted by atomic mass is 10.0. The number of pyridine rings is 1. The number of aromatic nitrogens is 3. The summed E-state index contributed by atoms with van der Waals surface area (Å²) < 4.78 is 20.2. The summed E-state index contributed by atoms with van der Waals surface area (Å²) in [5.41, 5.74) is 5.05. The number of ether oxygens (including phenoxy) is 3. The molecule has 2 heterocycles. The van der Waals surface area contributed by atoms with Crippen molar-refractivity contribution in [2.24, 2.45) is 0 Å². The zero-order valence-corrected chi connectivity index (χ0v) is 20.9. The van der Waals surface area contributed by atoms with Crippen molar-refractivity contribution >= 4 is 27.0 Å². The number of benzene rings is 2. The van der Waals surface area contributed by atoms with Crippen LogP contribution in [0.3, 0.4) is 0 Å². The third-order valence-electron chi connectivity index (χ3n) is 5.60. The molecule has 0 aliphatic heterocycles. The van der Waals surface area contributed by atoms with E-state index in [1.54, 1.807) is 26.6 Å². The number of nitrogens with zero attached hydrogens (tertiary/aromatic N) is 3. The minimum absolute atomic E-state index is 0.363. The molecule has 0 spiro atoms. The predicted octanol–water partition coefficient (Wildman–Crippen LogP) is 6.22. The van der Waals surface area contributed by atoms with Crippen LogP contribution in [0.4, 0.5) is 0 Å². The van der Waals surface area contributed by atoms with Gasteiger partial charge in [0.2, 0.25) is 0 Å². The molecule has 4 rings (SSSR count). The molecular formula is C26H28BrN3O3. The molecule has 0 aliphatic rings. The Hall–Kier alpha value is -2.90. The second-order valence-corrected chi connectivity index (χ2v) is 8.88. The number of imidazole rings is 1. The minimum Gasteiger partial charge on any atom is -0.494 e. The molecule has 0 bridgehead atoms. The van der Waals surface area contributed by atoms with Crippen LogP contribution in [-0.4, -0.2) is 35.4 Å². The standard InChI is InChI=1S/C26H28BrN3O3/c1-17(2)18-7-9-19(10-8-18)26-29-24-23(27)20(16-33-21-6-5-11-28-15-21)14-22(32-4)25(24)30(26)12-13-31-3/h5-11,14-15,17H,12-13,16H2,1-4H3. The van der Waals surface area contributed by atoms with Crippen molar-refractivity contribution in [3.05, 3.63) is 70.5 Å². The van der Waals surface area contributed by atoms with Gasteiger partial charge < -0.3 is 18.8 Å². The summed E-state index contributed by atoms with van der Waals surface area (Å²) in [5.74, 6) is 2.80. The molecule has 0 saturated carbocycles. The molecule has 0 fully saturated rings. The van der Waals surface area contributed by atoms with E-state index in [0.29, 0.717) is 31.4 Å². The van der Waals surface area contributed by atoms with Gasteiger partial charge in [-0.05, 0) is 45.6 Å². The first kappa shape index (κ1) is 23.3. The molecule has 0 amide bonds. The maximum Gasteiger partial charge on any atom is 0.145 e. The number of methoxy groups -OCH3 is 2. The summed E-state index contributed by atoms with van der Waals surface area (Å²) in [4.78, 5) is 9.15. The Morgan fingerprint density at radius 3 is 2.52 bits per heavy atom. The first-order valence-electron chi connectivity index (χ1n) is 10.9. The average Bonchev–Trinajstić information content (AvgIpc) is 3.23. The van der Waals surface area contributed by atoms with E-state index in [2.05, 4.69) is 63.6 Å². The van der Waals surface area contributed by atoms with Gasteiger partial charge in [0.05, 0.1) is 24.4 Å². The van der Waals surface area contributed by atoms with E-state index in [1.165, 1.54) is 5.56 Å². The molecule has 6 nitrogen and oxygen atoms in total. The van der Waals surface area contributed by atoms with Gasteiger partial charge in [-0.3, -0.25) is 4.98 Å². The Kier molecular flexibility index (Phi) is 7.30. The van der Waals surface area contributed by atoms with E-state index in [1.807, 2.05) is 18.2 Å². The predicted molar refractivity (Wildman–Crippen MR) is 134 cm³/mol. The lowest BCUT2D eigenvalue weighted by molar-refractivity contribution is 0.188. The quantitative estimate of drug-likeness (QED) is 0.268. The molecule has 7 heteroatoms. The fourth-order valence-electron chi connectivity index (χ4n) is 3.79. The summed E-state index contributed by atoms with van der Waals surface area (Å²) in [7, 11) is 3.39. The van der Waals surface area contributed by atoms with Crippen molar-refractivity contribution in [1.29, 1.82) is 0 Å². The maximum absolute atomic E-state index is 5.94. The van der Waals surface area contributed by atoms with Gasteiger partial charge in [-0.25, -0.2) is 4.98 Å². The van der Waals surface area contributed by atoms with Crippen LogP contribution in [0.25, 0.3) is 22.4 Å². The van der Waals surface area contributed by atoms with Crippen molar-refractivity contribution in [2.45, 2.75) is 32.9 Å². The molecule has 33 heavy (non-hydrogen) atoms. The normalized spacial score (nSPS) is 11.3. The van der Waals surface area contributed by atoms with E-state index >= 15 is 0 Å². The Morgan fingerprint density at radius 2 is 1.88 bits per heavy atom. The second kappa shape index (κ2) is 10.4. The highest BCUT2D eigenvalue weighted by Crippen LogP contribution is 2.38. The van der Waals surface area contributed by atoms with E-state index in [-0.39, 0.29) is 0 Å². The highest BCUT2D eigenvalue weighted by molar-refractivity contribution is 9.10. The Labute approximate surface area is 202 Å². The van der Waals surface area contributed by atoms with E-state index in [9.17, 15) is 0 Å². The summed E-state index contributed by atoms with van der Waals surface area (Å²) in [6.45, 7) is 5.97. The molecule has 0 N–H and O–H groups in total. The Morgan fingerprint density at radius 1 is 1.09 bits per heavy atom. The van der Waals surface area contributed by atoms with Gasteiger partial charge in [-0.1, -0.05) is 38.1 Å². The van der Waals surface area contributed by atoms with Crippen LogP contribution in [0.15, 0.2) is 59.3 Å². The fraction of sp³-hybridized carbons (Fsp3) is 0.308. The minimum atomic E-state index is 0.363. The number of rotatable bonds is 9. The Balaban J connectivity index is 1.81. The maximum atomic E-state index is 5.94. The van der Waals surface area contributed by atoms with Crippen molar-refractivity contribution in [3.63, 3.8) is 0 Å². The summed E-state index contributed by atoms with van der Waals surface area (Å²) in [6.07, 6.45) is 3.42. The highest BCUT2D eigenvalue weighted by Gasteiger charge is 2.21. The Bertz CT molecular complexity index is 1220. The monoisotopic (exact) mass is 509 g/mol. The first-order valence-corrected chi connectivity index (χ1v) is 11.7. The number of hydrogen-bond donors (Lipinski definition) is 0. The average molecular weight is 510 g/mol. The van der Waals surface area contributed by atoms with E-state index in [0.717, 1.165) is 38.2 Å². The number of fused-ring (bicyclic) bond motifs is 1. The molecule has 0 atom stereocenters. The number of halogens is 1. The SMILES string of the molecule is COCCn1c(-c2ccc(C(C)C)cc2)nc2c(Br)c(COc3cccnc3)cc(OC)c21. The van der Waals surface area contributed by atoms with Gasteiger partial charge in [0, 0.05) is 31.0 Å².